The van der Waals surface area contributed by atoms with E-state index in [1.54, 1.807) is 30.8 Å². The number of halogens is 1. The molecule has 0 radical (unpaired) electrons. The van der Waals surface area contributed by atoms with Gasteiger partial charge in [0.2, 0.25) is 15.9 Å². The van der Waals surface area contributed by atoms with E-state index in [1.807, 2.05) is 37.4 Å². The number of hydrogen-bond donors (Lipinski definition) is 1. The molecule has 3 rings (SSSR count). The van der Waals surface area contributed by atoms with Crippen molar-refractivity contribution in [1.29, 1.82) is 0 Å². The molecule has 0 aliphatic carbocycles. The second-order valence-electron chi connectivity index (χ2n) is 7.71. The number of carbonyl (C=O) groups is 1. The van der Waals surface area contributed by atoms with Crippen molar-refractivity contribution >= 4 is 39.3 Å². The van der Waals surface area contributed by atoms with Crippen LogP contribution < -0.4 is 10.1 Å². The van der Waals surface area contributed by atoms with Crippen molar-refractivity contribution in [1.82, 2.24) is 9.62 Å². The molecular formula is C23H29ClN2O4S2. The number of ether oxygens (including phenoxy) is 1. The maximum atomic E-state index is 13.2. The molecule has 1 fully saturated rings. The first-order chi connectivity index (χ1) is 15.3. The fourth-order valence-electron chi connectivity index (χ4n) is 3.76. The average Bonchev–Trinajstić information content (AvgIpc) is 2.80. The van der Waals surface area contributed by atoms with E-state index in [0.29, 0.717) is 24.5 Å². The first-order valence-electron chi connectivity index (χ1n) is 10.6. The number of sulfonamides is 1. The predicted octanol–water partition coefficient (Wildman–Crippen LogP) is 4.74. The molecule has 0 saturated carbocycles. The minimum absolute atomic E-state index is 0.0405. The molecule has 2 aromatic carbocycles. The maximum absolute atomic E-state index is 13.2. The third-order valence-electron chi connectivity index (χ3n) is 5.62. The van der Waals surface area contributed by atoms with Crippen LogP contribution >= 0.6 is 23.4 Å². The van der Waals surface area contributed by atoms with Crippen LogP contribution in [0, 0.1) is 5.92 Å². The normalized spacial score (nSPS) is 16.5. The predicted molar refractivity (Wildman–Crippen MR) is 129 cm³/mol. The molecule has 0 aromatic heterocycles. The van der Waals surface area contributed by atoms with Gasteiger partial charge in [-0.3, -0.25) is 4.79 Å². The van der Waals surface area contributed by atoms with Gasteiger partial charge in [-0.1, -0.05) is 23.7 Å². The summed E-state index contributed by atoms with van der Waals surface area (Å²) in [5.74, 6) is 0.0272. The highest BCUT2D eigenvalue weighted by Crippen LogP contribution is 2.32. The van der Waals surface area contributed by atoms with Crippen LogP contribution in [0.25, 0.3) is 0 Å². The molecule has 0 spiro atoms. The highest BCUT2D eigenvalue weighted by Gasteiger charge is 2.34. The number of thioether (sulfide) groups is 1. The van der Waals surface area contributed by atoms with Crippen molar-refractivity contribution in [3.05, 3.63) is 53.1 Å². The minimum atomic E-state index is -3.77. The van der Waals surface area contributed by atoms with Gasteiger partial charge in [-0.15, -0.1) is 11.8 Å². The summed E-state index contributed by atoms with van der Waals surface area (Å²) in [4.78, 5) is 14.0. The average molecular weight is 497 g/mol. The Balaban J connectivity index is 1.63. The number of nitrogens with zero attached hydrogens (tertiary/aromatic N) is 1. The van der Waals surface area contributed by atoms with Crippen molar-refractivity contribution in [3.63, 3.8) is 0 Å². The molecule has 1 N–H and O–H groups in total. The number of amides is 1. The van der Waals surface area contributed by atoms with Gasteiger partial charge in [-0.05, 0) is 68.8 Å². The van der Waals surface area contributed by atoms with Crippen LogP contribution in [0.4, 0.5) is 0 Å². The first-order valence-corrected chi connectivity index (χ1v) is 13.7. The minimum Gasteiger partial charge on any atom is -0.492 e. The zero-order valence-corrected chi connectivity index (χ0v) is 20.9. The number of piperidine rings is 1. The summed E-state index contributed by atoms with van der Waals surface area (Å²) >= 11 is 7.72. The molecule has 1 amide bonds. The monoisotopic (exact) mass is 496 g/mol. The summed E-state index contributed by atoms with van der Waals surface area (Å²) in [6, 6.07) is 12.6. The van der Waals surface area contributed by atoms with E-state index in [2.05, 4.69) is 5.32 Å². The number of carbonyl (C=O) groups excluding carboxylic acids is 1. The van der Waals surface area contributed by atoms with Crippen LogP contribution in [0.15, 0.2) is 52.3 Å². The van der Waals surface area contributed by atoms with Crippen LogP contribution in [0.3, 0.4) is 0 Å². The largest absolute Gasteiger partial charge is 0.492 e. The fourth-order valence-corrected chi connectivity index (χ4v) is 6.03. The van der Waals surface area contributed by atoms with Crippen LogP contribution in [0.1, 0.15) is 38.3 Å². The van der Waals surface area contributed by atoms with E-state index in [-0.39, 0.29) is 41.6 Å². The lowest BCUT2D eigenvalue weighted by Gasteiger charge is -2.31. The second kappa shape index (κ2) is 10.9. The van der Waals surface area contributed by atoms with Crippen molar-refractivity contribution in [2.75, 3.05) is 26.0 Å². The van der Waals surface area contributed by atoms with Crippen LogP contribution in [0.2, 0.25) is 5.02 Å². The third kappa shape index (κ3) is 5.78. The zero-order valence-electron chi connectivity index (χ0n) is 18.5. The van der Waals surface area contributed by atoms with Crippen molar-refractivity contribution in [3.8, 4) is 5.75 Å². The van der Waals surface area contributed by atoms with Gasteiger partial charge >= 0.3 is 0 Å². The van der Waals surface area contributed by atoms with Gasteiger partial charge in [0, 0.05) is 28.9 Å². The van der Waals surface area contributed by atoms with Gasteiger partial charge in [0.1, 0.15) is 10.6 Å². The Bertz CT molecular complexity index is 1040. The summed E-state index contributed by atoms with van der Waals surface area (Å²) < 4.78 is 33.3. The molecule has 9 heteroatoms. The van der Waals surface area contributed by atoms with Gasteiger partial charge in [0.15, 0.2) is 0 Å². The highest BCUT2D eigenvalue weighted by molar-refractivity contribution is 7.98. The number of nitrogens with one attached hydrogen (secondary N) is 1. The Morgan fingerprint density at radius 1 is 1.22 bits per heavy atom. The van der Waals surface area contributed by atoms with Crippen LogP contribution in [0.5, 0.6) is 5.75 Å². The number of benzene rings is 2. The first kappa shape index (κ1) is 24.9. The van der Waals surface area contributed by atoms with Gasteiger partial charge < -0.3 is 10.1 Å². The van der Waals surface area contributed by atoms with Gasteiger partial charge in [0.25, 0.3) is 0 Å². The lowest BCUT2D eigenvalue weighted by molar-refractivity contribution is -0.126. The molecule has 1 atom stereocenters. The Morgan fingerprint density at radius 2 is 1.88 bits per heavy atom. The van der Waals surface area contributed by atoms with Crippen molar-refractivity contribution in [2.24, 2.45) is 5.92 Å². The molecule has 32 heavy (non-hydrogen) atoms. The zero-order chi connectivity index (χ0) is 23.3. The van der Waals surface area contributed by atoms with Crippen LogP contribution in [-0.4, -0.2) is 44.6 Å². The Morgan fingerprint density at radius 3 is 2.47 bits per heavy atom. The summed E-state index contributed by atoms with van der Waals surface area (Å²) in [5.41, 5.74) is 1.04. The van der Waals surface area contributed by atoms with Crippen LogP contribution in [-0.2, 0) is 14.8 Å². The molecular weight excluding hydrogens is 468 g/mol. The van der Waals surface area contributed by atoms with Crippen molar-refractivity contribution in [2.45, 2.75) is 42.5 Å². The molecule has 1 aliphatic rings. The molecule has 6 nitrogen and oxygen atoms in total. The lowest BCUT2D eigenvalue weighted by atomic mass is 9.96. The summed E-state index contributed by atoms with van der Waals surface area (Å²) in [6.45, 7) is 4.66. The topological polar surface area (TPSA) is 75.7 Å². The van der Waals surface area contributed by atoms with E-state index < -0.39 is 10.0 Å². The molecule has 174 valence electrons. The maximum Gasteiger partial charge on any atom is 0.246 e. The second-order valence-corrected chi connectivity index (χ2v) is 10.9. The van der Waals surface area contributed by atoms with E-state index in [9.17, 15) is 13.2 Å². The Hall–Kier alpha value is -1.74. The number of rotatable bonds is 8. The smallest absolute Gasteiger partial charge is 0.246 e. The summed E-state index contributed by atoms with van der Waals surface area (Å²) in [5, 5.41) is 3.40. The van der Waals surface area contributed by atoms with E-state index >= 15 is 0 Å². The SMILES string of the molecule is CCOc1ccc(Cl)cc1S(=O)(=O)N1CCC(C(=O)N[C@H](C)c2ccc(SC)cc2)CC1. The highest BCUT2D eigenvalue weighted by atomic mass is 35.5. The van der Waals surface area contributed by atoms with Gasteiger partial charge in [0.05, 0.1) is 12.6 Å². The van der Waals surface area contributed by atoms with Gasteiger partial charge in [-0.25, -0.2) is 8.42 Å². The lowest BCUT2D eigenvalue weighted by Crippen LogP contribution is -2.43. The van der Waals surface area contributed by atoms with Gasteiger partial charge in [-0.2, -0.15) is 4.31 Å². The van der Waals surface area contributed by atoms with Crippen molar-refractivity contribution < 1.29 is 17.9 Å². The Labute approximate surface area is 199 Å². The summed E-state index contributed by atoms with van der Waals surface area (Å²) in [6.07, 6.45) is 2.96. The molecule has 0 unspecified atom stereocenters. The molecule has 1 aliphatic heterocycles. The third-order valence-corrected chi connectivity index (χ3v) is 8.52. The molecule has 0 bridgehead atoms. The fraction of sp³-hybridized carbons (Fsp3) is 0.435. The molecule has 1 saturated heterocycles. The number of hydrogen-bond acceptors (Lipinski definition) is 5. The van der Waals surface area contributed by atoms with E-state index in [1.165, 1.54) is 15.3 Å². The molecule has 1 heterocycles. The Kier molecular flexibility index (Phi) is 8.49. The van der Waals surface area contributed by atoms with E-state index in [4.69, 9.17) is 16.3 Å². The molecule has 2 aromatic rings. The van der Waals surface area contributed by atoms with E-state index in [0.717, 1.165) is 5.56 Å². The quantitative estimate of drug-likeness (QED) is 0.534. The summed E-state index contributed by atoms with van der Waals surface area (Å²) in [7, 11) is -3.77. The standard InChI is InChI=1S/C23H29ClN2O4S2/c1-4-30-21-10-7-19(24)15-22(21)32(28,29)26-13-11-18(12-14-26)23(27)25-16(2)17-5-8-20(31-3)9-6-17/h5-10,15-16,18H,4,11-14H2,1-3H3,(H,25,27)/t16-/m1/s1.